The predicted octanol–water partition coefficient (Wildman–Crippen LogP) is 0.725. The monoisotopic (exact) mass is 294 g/mol. The number of aliphatic carboxylic acids is 1. The van der Waals surface area contributed by atoms with E-state index in [0.29, 0.717) is 10.2 Å². The van der Waals surface area contributed by atoms with Gasteiger partial charge in [-0.3, -0.25) is 18.7 Å². The van der Waals surface area contributed by atoms with Crippen molar-refractivity contribution >= 4 is 27.5 Å². The maximum atomic E-state index is 12.5. The quantitative estimate of drug-likeness (QED) is 0.904. The molecular weight excluding hydrogens is 280 g/mol. The van der Waals surface area contributed by atoms with Crippen LogP contribution in [0.5, 0.6) is 0 Å². The van der Waals surface area contributed by atoms with Gasteiger partial charge in [0, 0.05) is 18.5 Å². The van der Waals surface area contributed by atoms with Gasteiger partial charge in [0.2, 0.25) is 0 Å². The van der Waals surface area contributed by atoms with Crippen molar-refractivity contribution < 1.29 is 9.90 Å². The number of hydrogen-bond donors (Lipinski definition) is 1. The molecule has 0 fully saturated rings. The van der Waals surface area contributed by atoms with Crippen molar-refractivity contribution in [2.24, 2.45) is 7.05 Å². The van der Waals surface area contributed by atoms with Crippen molar-refractivity contribution in [2.45, 2.75) is 32.2 Å². The van der Waals surface area contributed by atoms with Crippen LogP contribution in [-0.4, -0.2) is 20.2 Å². The van der Waals surface area contributed by atoms with E-state index in [1.165, 1.54) is 20.8 Å². The summed E-state index contributed by atoms with van der Waals surface area (Å²) in [5.41, 5.74) is 0.266. The lowest BCUT2D eigenvalue weighted by molar-refractivity contribution is -0.137. The third-order valence-electron chi connectivity index (χ3n) is 3.73. The van der Waals surface area contributed by atoms with Gasteiger partial charge in [0.1, 0.15) is 4.83 Å². The van der Waals surface area contributed by atoms with Crippen LogP contribution >= 0.6 is 11.3 Å². The summed E-state index contributed by atoms with van der Waals surface area (Å²) in [7, 11) is 1.63. The molecule has 1 aliphatic rings. The number of nitrogens with zero attached hydrogens (tertiary/aromatic N) is 2. The Morgan fingerprint density at radius 3 is 2.80 bits per heavy atom. The van der Waals surface area contributed by atoms with Gasteiger partial charge < -0.3 is 5.11 Å². The maximum absolute atomic E-state index is 12.5. The van der Waals surface area contributed by atoms with E-state index in [0.717, 1.165) is 29.4 Å². The highest BCUT2D eigenvalue weighted by Gasteiger charge is 2.23. The lowest BCUT2D eigenvalue weighted by Crippen LogP contribution is -2.39. The zero-order valence-corrected chi connectivity index (χ0v) is 11.8. The largest absolute Gasteiger partial charge is 0.481 e. The van der Waals surface area contributed by atoms with Crippen molar-refractivity contribution in [3.05, 3.63) is 31.3 Å². The summed E-state index contributed by atoms with van der Waals surface area (Å²) in [6.45, 7) is -0.0819. The Morgan fingerprint density at radius 2 is 2.10 bits per heavy atom. The molecule has 0 saturated heterocycles. The number of fused-ring (bicyclic) bond motifs is 3. The second-order valence-corrected chi connectivity index (χ2v) is 6.06. The normalized spacial score (nSPS) is 13.8. The number of rotatable bonds is 3. The Morgan fingerprint density at radius 1 is 1.35 bits per heavy atom. The predicted molar refractivity (Wildman–Crippen MR) is 75.6 cm³/mol. The van der Waals surface area contributed by atoms with Crippen LogP contribution < -0.4 is 11.2 Å². The van der Waals surface area contributed by atoms with Gasteiger partial charge in [-0.05, 0) is 24.8 Å². The Labute approximate surface area is 117 Å². The van der Waals surface area contributed by atoms with Crippen molar-refractivity contribution in [2.75, 3.05) is 0 Å². The maximum Gasteiger partial charge on any atom is 0.331 e. The van der Waals surface area contributed by atoms with Gasteiger partial charge in [-0.15, -0.1) is 11.3 Å². The highest BCUT2D eigenvalue weighted by molar-refractivity contribution is 7.18. The van der Waals surface area contributed by atoms with E-state index < -0.39 is 11.7 Å². The Bertz CT molecular complexity index is 827. The summed E-state index contributed by atoms with van der Waals surface area (Å²) in [6, 6.07) is 0. The number of carboxylic acid groups (broad SMARTS) is 1. The summed E-state index contributed by atoms with van der Waals surface area (Å²) < 4.78 is 2.50. The molecule has 6 nitrogen and oxygen atoms in total. The van der Waals surface area contributed by atoms with Gasteiger partial charge in [-0.1, -0.05) is 0 Å². The molecular formula is C13H14N2O4S. The van der Waals surface area contributed by atoms with Crippen LogP contribution in [0.3, 0.4) is 0 Å². The first-order valence-electron chi connectivity index (χ1n) is 6.46. The highest BCUT2D eigenvalue weighted by atomic mass is 32.1. The van der Waals surface area contributed by atoms with Gasteiger partial charge in [0.15, 0.2) is 0 Å². The molecule has 3 rings (SSSR count). The molecule has 0 bridgehead atoms. The van der Waals surface area contributed by atoms with Gasteiger partial charge in [-0.2, -0.15) is 0 Å². The van der Waals surface area contributed by atoms with Crippen molar-refractivity contribution in [3.63, 3.8) is 0 Å². The van der Waals surface area contributed by atoms with Crippen LogP contribution in [0.2, 0.25) is 0 Å². The van der Waals surface area contributed by atoms with Crippen LogP contribution in [-0.2, 0) is 31.2 Å². The number of carboxylic acids is 1. The fourth-order valence-corrected chi connectivity index (χ4v) is 4.08. The SMILES string of the molecule is Cn1c(=O)n(CCC(=O)O)c(=O)c2c3c(sc21)CCC3. The van der Waals surface area contributed by atoms with Gasteiger partial charge in [0.25, 0.3) is 5.56 Å². The lowest BCUT2D eigenvalue weighted by atomic mass is 10.2. The molecule has 2 aromatic rings. The molecule has 0 aliphatic heterocycles. The topological polar surface area (TPSA) is 81.3 Å². The second kappa shape index (κ2) is 4.59. The Hall–Kier alpha value is -1.89. The van der Waals surface area contributed by atoms with Crippen LogP contribution in [0.1, 0.15) is 23.3 Å². The minimum atomic E-state index is -1.02. The fraction of sp³-hybridized carbons (Fsp3) is 0.462. The standard InChI is InChI=1S/C13H14N2O4S/c1-14-12-10(7-3-2-4-8(7)20-12)11(18)15(13(14)19)6-5-9(16)17/h2-6H2,1H3,(H,16,17). The smallest absolute Gasteiger partial charge is 0.331 e. The lowest BCUT2D eigenvalue weighted by Gasteiger charge is -2.07. The number of hydrogen-bond acceptors (Lipinski definition) is 4. The van der Waals surface area contributed by atoms with Crippen molar-refractivity contribution in [3.8, 4) is 0 Å². The molecule has 2 heterocycles. The summed E-state index contributed by atoms with van der Waals surface area (Å²) in [6.07, 6.45) is 2.63. The van der Waals surface area contributed by atoms with Crippen molar-refractivity contribution in [1.82, 2.24) is 9.13 Å². The van der Waals surface area contributed by atoms with E-state index in [1.807, 2.05) is 0 Å². The van der Waals surface area contributed by atoms with E-state index in [1.54, 1.807) is 7.05 Å². The molecule has 0 saturated carbocycles. The second-order valence-electron chi connectivity index (χ2n) is 4.98. The van der Waals surface area contributed by atoms with Gasteiger partial charge >= 0.3 is 11.7 Å². The number of thiophene rings is 1. The summed E-state index contributed by atoms with van der Waals surface area (Å²) in [5.74, 6) is -1.02. The first kappa shape index (κ1) is 13.1. The minimum Gasteiger partial charge on any atom is -0.481 e. The average molecular weight is 294 g/mol. The molecule has 7 heteroatoms. The van der Waals surface area contributed by atoms with E-state index in [9.17, 15) is 14.4 Å². The molecule has 20 heavy (non-hydrogen) atoms. The highest BCUT2D eigenvalue weighted by Crippen LogP contribution is 2.34. The third-order valence-corrected chi connectivity index (χ3v) is 5.10. The van der Waals surface area contributed by atoms with Gasteiger partial charge in [-0.25, -0.2) is 4.79 Å². The Kier molecular flexibility index (Phi) is 3.01. The molecule has 0 radical (unpaired) electrons. The molecule has 0 atom stereocenters. The number of aryl methyl sites for hydroxylation is 3. The summed E-state index contributed by atoms with van der Waals surface area (Å²) in [5, 5.41) is 9.34. The van der Waals surface area contributed by atoms with E-state index in [-0.39, 0.29) is 18.5 Å². The molecule has 1 aliphatic carbocycles. The van der Waals surface area contributed by atoms with Crippen LogP contribution in [0, 0.1) is 0 Å². The number of carbonyl (C=O) groups is 1. The van der Waals surface area contributed by atoms with E-state index in [2.05, 4.69) is 0 Å². The van der Waals surface area contributed by atoms with Crippen LogP contribution in [0.4, 0.5) is 0 Å². The molecule has 106 valence electrons. The van der Waals surface area contributed by atoms with Crippen LogP contribution in [0.15, 0.2) is 9.59 Å². The third kappa shape index (κ3) is 1.81. The zero-order valence-electron chi connectivity index (χ0n) is 11.0. The van der Waals surface area contributed by atoms with E-state index in [4.69, 9.17) is 5.11 Å². The molecule has 0 amide bonds. The fourth-order valence-electron chi connectivity index (χ4n) is 2.74. The first-order chi connectivity index (χ1) is 9.50. The Balaban J connectivity index is 2.29. The minimum absolute atomic E-state index is 0.0819. The molecule has 0 unspecified atom stereocenters. The van der Waals surface area contributed by atoms with Crippen molar-refractivity contribution in [1.29, 1.82) is 0 Å². The molecule has 1 N–H and O–H groups in total. The van der Waals surface area contributed by atoms with E-state index >= 15 is 0 Å². The molecule has 0 aromatic carbocycles. The van der Waals surface area contributed by atoms with Gasteiger partial charge in [0.05, 0.1) is 11.8 Å². The zero-order chi connectivity index (χ0) is 14.4. The molecule has 2 aromatic heterocycles. The average Bonchev–Trinajstić information content (AvgIpc) is 2.95. The van der Waals surface area contributed by atoms with Crippen LogP contribution in [0.25, 0.3) is 10.2 Å². The summed E-state index contributed by atoms with van der Waals surface area (Å²) in [4.78, 5) is 37.2. The molecule has 0 spiro atoms. The summed E-state index contributed by atoms with van der Waals surface area (Å²) >= 11 is 1.51. The first-order valence-corrected chi connectivity index (χ1v) is 7.28. The number of aromatic nitrogens is 2.